The smallest absolute Gasteiger partial charge is 0.373 e. The fourth-order valence-electron chi connectivity index (χ4n) is 2.89. The second kappa shape index (κ2) is 8.76. The van der Waals surface area contributed by atoms with Crippen LogP contribution in [0.25, 0.3) is 11.1 Å². The number of benzene rings is 1. The summed E-state index contributed by atoms with van der Waals surface area (Å²) in [6.07, 6.45) is 0. The number of pyridine rings is 1. The summed E-state index contributed by atoms with van der Waals surface area (Å²) in [7, 11) is 2.66. The van der Waals surface area contributed by atoms with Gasteiger partial charge in [0.15, 0.2) is 11.5 Å². The number of nitrogens with two attached hydrogens (primary N) is 1. The van der Waals surface area contributed by atoms with Gasteiger partial charge in [0.05, 0.1) is 14.2 Å². The van der Waals surface area contributed by atoms with Gasteiger partial charge >= 0.3 is 5.97 Å². The van der Waals surface area contributed by atoms with E-state index in [1.165, 1.54) is 26.4 Å². The SMILES string of the molecule is COC(=O)c1ccc(COc2ccc(-c3c(C#N)c(N)[nH]c(=O)c3C#N)cc2OC)o1. The van der Waals surface area contributed by atoms with Crippen LogP contribution in [0.15, 0.2) is 39.5 Å². The molecule has 156 valence electrons. The van der Waals surface area contributed by atoms with Crippen molar-refractivity contribution in [2.45, 2.75) is 6.61 Å². The number of methoxy groups -OCH3 is 2. The number of carbonyl (C=O) groups is 1. The number of nitrogens with one attached hydrogen (secondary N) is 1. The Hall–Kier alpha value is -4.70. The van der Waals surface area contributed by atoms with Gasteiger partial charge in [-0.1, -0.05) is 6.07 Å². The fraction of sp³-hybridized carbons (Fsp3) is 0.143. The zero-order valence-electron chi connectivity index (χ0n) is 16.5. The van der Waals surface area contributed by atoms with E-state index < -0.39 is 11.5 Å². The Morgan fingerprint density at radius 3 is 2.52 bits per heavy atom. The third-order valence-electron chi connectivity index (χ3n) is 4.34. The number of esters is 1. The lowest BCUT2D eigenvalue weighted by molar-refractivity contribution is 0.0561. The Bertz CT molecular complexity index is 1290. The maximum absolute atomic E-state index is 12.1. The first kappa shape index (κ1) is 21.0. The van der Waals surface area contributed by atoms with Crippen molar-refractivity contribution in [3.8, 4) is 34.8 Å². The highest BCUT2D eigenvalue weighted by atomic mass is 16.5. The Labute approximate surface area is 176 Å². The largest absolute Gasteiger partial charge is 0.493 e. The van der Waals surface area contributed by atoms with Gasteiger partial charge in [-0.3, -0.25) is 4.79 Å². The molecule has 0 saturated heterocycles. The van der Waals surface area contributed by atoms with E-state index in [0.29, 0.717) is 17.1 Å². The molecule has 0 aliphatic heterocycles. The lowest BCUT2D eigenvalue weighted by atomic mass is 9.96. The van der Waals surface area contributed by atoms with Crippen molar-refractivity contribution in [3.63, 3.8) is 0 Å². The number of nitrogens with zero attached hydrogens (tertiary/aromatic N) is 2. The third kappa shape index (κ3) is 4.04. The summed E-state index contributed by atoms with van der Waals surface area (Å²) in [6, 6.07) is 11.4. The lowest BCUT2D eigenvalue weighted by Gasteiger charge is -2.13. The number of rotatable bonds is 6. The van der Waals surface area contributed by atoms with Gasteiger partial charge in [0, 0.05) is 5.56 Å². The summed E-state index contributed by atoms with van der Waals surface area (Å²) in [4.78, 5) is 25.9. The zero-order chi connectivity index (χ0) is 22.5. The van der Waals surface area contributed by atoms with E-state index in [4.69, 9.17) is 19.6 Å². The van der Waals surface area contributed by atoms with Gasteiger partial charge in [-0.15, -0.1) is 0 Å². The highest BCUT2D eigenvalue weighted by Crippen LogP contribution is 2.36. The molecule has 3 rings (SSSR count). The minimum absolute atomic E-state index is 0.00244. The molecule has 3 aromatic rings. The topological polar surface area (TPSA) is 164 Å². The van der Waals surface area contributed by atoms with E-state index in [2.05, 4.69) is 9.72 Å². The molecule has 0 fully saturated rings. The lowest BCUT2D eigenvalue weighted by Crippen LogP contribution is -2.16. The van der Waals surface area contributed by atoms with Crippen LogP contribution in [0.5, 0.6) is 11.5 Å². The minimum Gasteiger partial charge on any atom is -0.493 e. The number of anilines is 1. The third-order valence-corrected chi connectivity index (χ3v) is 4.34. The number of nitriles is 2. The van der Waals surface area contributed by atoms with Crippen LogP contribution in [0, 0.1) is 22.7 Å². The summed E-state index contributed by atoms with van der Waals surface area (Å²) in [5.74, 6) is 0.295. The van der Waals surface area contributed by atoms with Gasteiger partial charge < -0.3 is 29.3 Å². The predicted octanol–water partition coefficient (Wildman–Crippen LogP) is 2.33. The van der Waals surface area contributed by atoms with Crippen molar-refractivity contribution < 1.29 is 23.4 Å². The normalized spacial score (nSPS) is 10.1. The molecule has 10 nitrogen and oxygen atoms in total. The van der Waals surface area contributed by atoms with E-state index in [1.54, 1.807) is 24.3 Å². The summed E-state index contributed by atoms with van der Waals surface area (Å²) in [5.41, 5.74) is 5.26. The number of aromatic nitrogens is 1. The molecule has 31 heavy (non-hydrogen) atoms. The molecular weight excluding hydrogens is 404 g/mol. The molecule has 0 atom stereocenters. The Morgan fingerprint density at radius 2 is 1.87 bits per heavy atom. The second-order valence-corrected chi connectivity index (χ2v) is 6.13. The minimum atomic E-state index is -0.701. The van der Waals surface area contributed by atoms with E-state index in [9.17, 15) is 20.1 Å². The number of H-pyrrole nitrogens is 1. The molecule has 0 aliphatic rings. The molecule has 0 amide bonds. The Morgan fingerprint density at radius 1 is 1.13 bits per heavy atom. The van der Waals surface area contributed by atoms with Gasteiger partial charge in [-0.05, 0) is 29.8 Å². The van der Waals surface area contributed by atoms with Crippen LogP contribution in [0.4, 0.5) is 5.82 Å². The number of furan rings is 1. The first-order chi connectivity index (χ1) is 14.9. The van der Waals surface area contributed by atoms with Gasteiger partial charge in [0.1, 0.15) is 41.5 Å². The summed E-state index contributed by atoms with van der Waals surface area (Å²) in [5, 5.41) is 18.9. The molecule has 1 aromatic carbocycles. The van der Waals surface area contributed by atoms with Gasteiger partial charge in [-0.2, -0.15) is 10.5 Å². The number of hydrogen-bond acceptors (Lipinski definition) is 9. The first-order valence-corrected chi connectivity index (χ1v) is 8.77. The van der Waals surface area contributed by atoms with Gasteiger partial charge in [0.25, 0.3) is 5.56 Å². The maximum Gasteiger partial charge on any atom is 0.373 e. The van der Waals surface area contributed by atoms with E-state index in [1.807, 2.05) is 6.07 Å². The molecule has 2 aromatic heterocycles. The van der Waals surface area contributed by atoms with Crippen LogP contribution < -0.4 is 20.8 Å². The van der Waals surface area contributed by atoms with E-state index in [0.717, 1.165) is 0 Å². The molecular formula is C21H16N4O6. The van der Waals surface area contributed by atoms with Crippen LogP contribution in [-0.2, 0) is 11.3 Å². The van der Waals surface area contributed by atoms with Crippen LogP contribution in [0.2, 0.25) is 0 Å². The van der Waals surface area contributed by atoms with Crippen molar-refractivity contribution in [2.75, 3.05) is 20.0 Å². The van der Waals surface area contributed by atoms with Crippen LogP contribution in [0.3, 0.4) is 0 Å². The molecule has 0 unspecified atom stereocenters. The van der Waals surface area contributed by atoms with Crippen molar-refractivity contribution in [2.24, 2.45) is 0 Å². The van der Waals surface area contributed by atoms with E-state index in [-0.39, 0.29) is 40.6 Å². The monoisotopic (exact) mass is 420 g/mol. The molecule has 10 heteroatoms. The predicted molar refractivity (Wildman–Crippen MR) is 107 cm³/mol. The Kier molecular flexibility index (Phi) is 5.94. The van der Waals surface area contributed by atoms with Crippen LogP contribution in [-0.4, -0.2) is 25.2 Å². The second-order valence-electron chi connectivity index (χ2n) is 6.13. The van der Waals surface area contributed by atoms with Crippen LogP contribution >= 0.6 is 0 Å². The maximum atomic E-state index is 12.1. The summed E-state index contributed by atoms with van der Waals surface area (Å²) in [6.45, 7) is -0.00244. The number of nitrogen functional groups attached to an aromatic ring is 1. The van der Waals surface area contributed by atoms with Crippen molar-refractivity contribution in [3.05, 3.63) is 63.3 Å². The fourth-order valence-corrected chi connectivity index (χ4v) is 2.89. The highest BCUT2D eigenvalue weighted by Gasteiger charge is 2.20. The van der Waals surface area contributed by atoms with Crippen LogP contribution in [0.1, 0.15) is 27.4 Å². The Balaban J connectivity index is 1.96. The number of ether oxygens (including phenoxy) is 3. The summed E-state index contributed by atoms with van der Waals surface area (Å²) >= 11 is 0. The molecule has 0 aliphatic carbocycles. The van der Waals surface area contributed by atoms with E-state index >= 15 is 0 Å². The average molecular weight is 420 g/mol. The van der Waals surface area contributed by atoms with Gasteiger partial charge in [-0.25, -0.2) is 4.79 Å². The highest BCUT2D eigenvalue weighted by molar-refractivity contribution is 5.86. The average Bonchev–Trinajstić information content (AvgIpc) is 3.25. The molecule has 2 heterocycles. The number of carbonyl (C=O) groups excluding carboxylic acids is 1. The summed E-state index contributed by atoms with van der Waals surface area (Å²) < 4.78 is 21.0. The number of aromatic amines is 1. The van der Waals surface area contributed by atoms with Gasteiger partial charge in [0.2, 0.25) is 5.76 Å². The molecule has 0 radical (unpaired) electrons. The standard InChI is InChI=1S/C21H16N4O6/c1-28-17-7-11(18-13(8-22)19(24)25-20(26)14(18)9-23)3-5-15(17)30-10-12-4-6-16(31-12)21(27)29-2/h3-7H,10H2,1-2H3,(H3,24,25,26). The first-order valence-electron chi connectivity index (χ1n) is 8.77. The van der Waals surface area contributed by atoms with Crippen molar-refractivity contribution in [1.82, 2.24) is 4.98 Å². The zero-order valence-corrected chi connectivity index (χ0v) is 16.5. The molecule has 0 spiro atoms. The van der Waals surface area contributed by atoms with Crippen molar-refractivity contribution in [1.29, 1.82) is 10.5 Å². The molecule has 0 bridgehead atoms. The quantitative estimate of drug-likeness (QED) is 0.569. The molecule has 3 N–H and O–H groups in total. The molecule has 0 saturated carbocycles. The number of hydrogen-bond donors (Lipinski definition) is 2. The van der Waals surface area contributed by atoms with Crippen molar-refractivity contribution >= 4 is 11.8 Å².